The second kappa shape index (κ2) is 6.20. The topological polar surface area (TPSA) is 58.2 Å². The summed E-state index contributed by atoms with van der Waals surface area (Å²) in [5.41, 5.74) is 0.710. The van der Waals surface area contributed by atoms with Gasteiger partial charge in [0, 0.05) is 18.1 Å². The van der Waals surface area contributed by atoms with Crippen molar-refractivity contribution in [3.8, 4) is 0 Å². The number of sulfonamides is 1. The lowest BCUT2D eigenvalue weighted by Crippen LogP contribution is -2.48. The first-order chi connectivity index (χ1) is 9.44. The summed E-state index contributed by atoms with van der Waals surface area (Å²) in [7, 11) is -3.78. The summed E-state index contributed by atoms with van der Waals surface area (Å²) >= 11 is 0. The summed E-state index contributed by atoms with van der Waals surface area (Å²) in [6, 6.07) is 4.89. The molecule has 21 heavy (non-hydrogen) atoms. The molecule has 2 heterocycles. The maximum atomic E-state index is 13.8. The number of benzene rings is 1. The van der Waals surface area contributed by atoms with E-state index in [2.05, 4.69) is 10.0 Å². The van der Waals surface area contributed by atoms with Crippen LogP contribution < -0.4 is 10.0 Å². The van der Waals surface area contributed by atoms with Gasteiger partial charge >= 0.3 is 0 Å². The van der Waals surface area contributed by atoms with Gasteiger partial charge in [-0.25, -0.2) is 17.5 Å². The van der Waals surface area contributed by atoms with E-state index in [0.29, 0.717) is 17.6 Å². The smallest absolute Gasteiger partial charge is 0.243 e. The molecule has 1 aromatic rings. The van der Waals surface area contributed by atoms with Gasteiger partial charge in [-0.05, 0) is 50.3 Å². The third-order valence-electron chi connectivity index (χ3n) is 4.17. The highest BCUT2D eigenvalue weighted by Gasteiger charge is 2.35. The Morgan fingerprint density at radius 2 is 1.86 bits per heavy atom. The maximum absolute atomic E-state index is 13.8. The quantitative estimate of drug-likeness (QED) is 0.890. The summed E-state index contributed by atoms with van der Waals surface area (Å²) in [5, 5.41) is 3.46. The molecule has 2 saturated heterocycles. The summed E-state index contributed by atoms with van der Waals surface area (Å²) in [6.07, 6.45) is 3.76. The van der Waals surface area contributed by atoms with Crippen LogP contribution in [0.2, 0.25) is 0 Å². The van der Waals surface area contributed by atoms with Crippen LogP contribution >= 0.6 is 12.4 Å². The second-order valence-electron chi connectivity index (χ2n) is 5.86. The molecule has 2 unspecified atom stereocenters. The minimum atomic E-state index is -3.78. The van der Waals surface area contributed by atoms with Crippen LogP contribution in [0.3, 0.4) is 0 Å². The number of aryl methyl sites for hydroxylation is 1. The molecule has 4 nitrogen and oxygen atoms in total. The molecule has 0 aliphatic carbocycles. The zero-order chi connectivity index (χ0) is 14.3. The van der Waals surface area contributed by atoms with Gasteiger partial charge in [0.1, 0.15) is 10.7 Å². The number of halogens is 2. The van der Waals surface area contributed by atoms with E-state index in [1.165, 1.54) is 12.1 Å². The Morgan fingerprint density at radius 3 is 2.43 bits per heavy atom. The van der Waals surface area contributed by atoms with Crippen molar-refractivity contribution in [2.24, 2.45) is 0 Å². The Hall–Kier alpha value is -0.690. The highest BCUT2D eigenvalue weighted by molar-refractivity contribution is 7.89. The van der Waals surface area contributed by atoms with Crippen molar-refractivity contribution in [2.45, 2.75) is 55.6 Å². The van der Waals surface area contributed by atoms with Crippen LogP contribution in [0.4, 0.5) is 4.39 Å². The van der Waals surface area contributed by atoms with Crippen molar-refractivity contribution in [2.75, 3.05) is 0 Å². The number of hydrogen-bond donors (Lipinski definition) is 2. The highest BCUT2D eigenvalue weighted by Crippen LogP contribution is 2.28. The number of piperidine rings is 1. The zero-order valence-electron chi connectivity index (χ0n) is 11.8. The molecule has 0 saturated carbocycles. The van der Waals surface area contributed by atoms with E-state index in [-0.39, 0.29) is 23.3 Å². The summed E-state index contributed by atoms with van der Waals surface area (Å²) in [5.74, 6) is -0.686. The molecule has 0 amide bonds. The lowest BCUT2D eigenvalue weighted by atomic mass is 10.0. The van der Waals surface area contributed by atoms with Gasteiger partial charge < -0.3 is 5.32 Å². The normalized spacial score (nSPS) is 28.2. The molecule has 7 heteroatoms. The molecule has 1 aromatic carbocycles. The van der Waals surface area contributed by atoms with Crippen molar-refractivity contribution in [3.63, 3.8) is 0 Å². The largest absolute Gasteiger partial charge is 0.311 e. The van der Waals surface area contributed by atoms with Crippen LogP contribution in [-0.4, -0.2) is 26.5 Å². The third kappa shape index (κ3) is 3.56. The van der Waals surface area contributed by atoms with Crippen molar-refractivity contribution in [1.82, 2.24) is 10.0 Å². The molecule has 0 radical (unpaired) electrons. The summed E-state index contributed by atoms with van der Waals surface area (Å²) in [6.45, 7) is 1.73. The van der Waals surface area contributed by atoms with E-state index >= 15 is 0 Å². The molecule has 2 atom stereocenters. The Morgan fingerprint density at radius 1 is 1.24 bits per heavy atom. The zero-order valence-corrected chi connectivity index (χ0v) is 13.4. The van der Waals surface area contributed by atoms with Crippen molar-refractivity contribution >= 4 is 22.4 Å². The third-order valence-corrected chi connectivity index (χ3v) is 5.73. The van der Waals surface area contributed by atoms with Gasteiger partial charge in [-0.1, -0.05) is 6.07 Å². The van der Waals surface area contributed by atoms with Gasteiger partial charge in [-0.15, -0.1) is 12.4 Å². The highest BCUT2D eigenvalue weighted by atomic mass is 35.5. The van der Waals surface area contributed by atoms with Gasteiger partial charge in [0.05, 0.1) is 0 Å². The molecule has 0 aromatic heterocycles. The Labute approximate surface area is 131 Å². The van der Waals surface area contributed by atoms with Gasteiger partial charge in [0.15, 0.2) is 0 Å². The predicted octanol–water partition coefficient (Wildman–Crippen LogP) is 2.12. The fourth-order valence-electron chi connectivity index (χ4n) is 3.26. The van der Waals surface area contributed by atoms with Crippen molar-refractivity contribution in [1.29, 1.82) is 0 Å². The van der Waals surface area contributed by atoms with Crippen LogP contribution in [0.25, 0.3) is 0 Å². The van der Waals surface area contributed by atoms with E-state index in [4.69, 9.17) is 0 Å². The lowest BCUT2D eigenvalue weighted by Gasteiger charge is -2.29. The maximum Gasteiger partial charge on any atom is 0.243 e. The predicted molar refractivity (Wildman–Crippen MR) is 81.7 cm³/mol. The Balaban J connectivity index is 0.00000161. The molecule has 0 spiro atoms. The number of rotatable bonds is 3. The van der Waals surface area contributed by atoms with Gasteiger partial charge in [0.2, 0.25) is 10.0 Å². The van der Waals surface area contributed by atoms with Gasteiger partial charge in [-0.2, -0.15) is 0 Å². The Kier molecular flexibility index (Phi) is 4.92. The van der Waals surface area contributed by atoms with Crippen LogP contribution in [0.5, 0.6) is 0 Å². The molecule has 2 fully saturated rings. The number of hydrogen-bond acceptors (Lipinski definition) is 3. The Bertz CT molecular complexity index is 611. The molecule has 2 aliphatic rings. The fourth-order valence-corrected chi connectivity index (χ4v) is 4.58. The van der Waals surface area contributed by atoms with Crippen LogP contribution in [0.15, 0.2) is 23.1 Å². The first kappa shape index (κ1) is 16.7. The van der Waals surface area contributed by atoms with Crippen LogP contribution in [0.1, 0.15) is 31.2 Å². The first-order valence-corrected chi connectivity index (χ1v) is 8.47. The van der Waals surface area contributed by atoms with Crippen molar-refractivity contribution < 1.29 is 12.8 Å². The molecule has 2 N–H and O–H groups in total. The number of nitrogens with one attached hydrogen (secondary N) is 2. The average molecular weight is 335 g/mol. The van der Waals surface area contributed by atoms with E-state index in [1.54, 1.807) is 13.0 Å². The van der Waals surface area contributed by atoms with Gasteiger partial charge in [0.25, 0.3) is 0 Å². The molecule has 3 rings (SSSR count). The van der Waals surface area contributed by atoms with E-state index < -0.39 is 15.8 Å². The first-order valence-electron chi connectivity index (χ1n) is 6.98. The molecular weight excluding hydrogens is 315 g/mol. The second-order valence-corrected chi connectivity index (χ2v) is 7.54. The molecule has 2 aliphatic heterocycles. The van der Waals surface area contributed by atoms with Crippen molar-refractivity contribution in [3.05, 3.63) is 29.6 Å². The summed E-state index contributed by atoms with van der Waals surface area (Å²) < 4.78 is 41.1. The standard InChI is InChI=1S/C14H19FN2O2S.ClH/c1-9-2-5-14(13(15)6-9)20(18,19)17-12-7-10-3-4-11(8-12)16-10;/h2,5-6,10-12,16-17H,3-4,7-8H2,1H3;1H. The molecule has 118 valence electrons. The SMILES string of the molecule is Cc1ccc(S(=O)(=O)NC2CC3CCC(C2)N3)c(F)c1.Cl. The fraction of sp³-hybridized carbons (Fsp3) is 0.571. The van der Waals surface area contributed by atoms with Gasteiger partial charge in [-0.3, -0.25) is 0 Å². The van der Waals surface area contributed by atoms with E-state index in [1.807, 2.05) is 0 Å². The molecular formula is C14H20ClFN2O2S. The summed E-state index contributed by atoms with van der Waals surface area (Å²) in [4.78, 5) is -0.256. The van der Waals surface area contributed by atoms with Crippen LogP contribution in [-0.2, 0) is 10.0 Å². The number of fused-ring (bicyclic) bond motifs is 2. The van der Waals surface area contributed by atoms with E-state index in [0.717, 1.165) is 25.7 Å². The molecule has 2 bridgehead atoms. The monoisotopic (exact) mass is 334 g/mol. The average Bonchev–Trinajstić information content (AvgIpc) is 2.67. The lowest BCUT2D eigenvalue weighted by molar-refractivity contribution is 0.345. The van der Waals surface area contributed by atoms with Crippen LogP contribution in [0, 0.1) is 12.7 Å². The van der Waals surface area contributed by atoms with E-state index in [9.17, 15) is 12.8 Å². The minimum Gasteiger partial charge on any atom is -0.311 e. The minimum absolute atomic E-state index is 0.